The number of amides is 1. The number of nitriles is 1. The van der Waals surface area contributed by atoms with E-state index >= 15 is 0 Å². The molecule has 1 aromatic heterocycles. The third kappa shape index (κ3) is 4.09. The normalized spacial score (nSPS) is 12.0. The maximum atomic E-state index is 12.7. The number of nitrogens with zero attached hydrogens (tertiary/aromatic N) is 3. The highest BCUT2D eigenvalue weighted by atomic mass is 16.6. The van der Waals surface area contributed by atoms with Gasteiger partial charge >= 0.3 is 0 Å². The molecule has 0 unspecified atom stereocenters. The van der Waals surface area contributed by atoms with E-state index in [1.807, 2.05) is 6.07 Å². The van der Waals surface area contributed by atoms with Crippen molar-refractivity contribution in [2.75, 3.05) is 23.8 Å². The molecule has 0 aliphatic carbocycles. The molecule has 2 heterocycles. The predicted octanol–water partition coefficient (Wildman–Crippen LogP) is 3.42. The molecule has 29 heavy (non-hydrogen) atoms. The van der Waals surface area contributed by atoms with Gasteiger partial charge in [0.1, 0.15) is 25.0 Å². The molecule has 0 atom stereocenters. The van der Waals surface area contributed by atoms with E-state index in [-0.39, 0.29) is 11.6 Å². The van der Waals surface area contributed by atoms with Gasteiger partial charge < -0.3 is 20.1 Å². The third-order valence-corrected chi connectivity index (χ3v) is 4.18. The van der Waals surface area contributed by atoms with Gasteiger partial charge in [-0.1, -0.05) is 12.1 Å². The number of benzene rings is 2. The zero-order valence-corrected chi connectivity index (χ0v) is 15.6. The SMILES string of the molecule is Cc1cc(C(=O)Nc2ccccc2C#N)nc(Nc2ccc3c(c2)OCCO3)n1. The van der Waals surface area contributed by atoms with Crippen LogP contribution in [0.5, 0.6) is 11.5 Å². The molecule has 0 saturated heterocycles. The highest BCUT2D eigenvalue weighted by Crippen LogP contribution is 2.33. The van der Waals surface area contributed by atoms with E-state index in [2.05, 4.69) is 26.7 Å². The van der Waals surface area contributed by atoms with Gasteiger partial charge in [-0.2, -0.15) is 5.26 Å². The first-order valence-electron chi connectivity index (χ1n) is 8.95. The van der Waals surface area contributed by atoms with Gasteiger partial charge in [-0.25, -0.2) is 9.97 Å². The second-order valence-corrected chi connectivity index (χ2v) is 6.31. The van der Waals surface area contributed by atoms with E-state index in [0.29, 0.717) is 47.3 Å². The molecule has 0 saturated carbocycles. The summed E-state index contributed by atoms with van der Waals surface area (Å²) in [6.07, 6.45) is 0. The number of ether oxygens (including phenoxy) is 2. The van der Waals surface area contributed by atoms with Crippen LogP contribution >= 0.6 is 0 Å². The van der Waals surface area contributed by atoms with Crippen molar-refractivity contribution in [1.29, 1.82) is 5.26 Å². The van der Waals surface area contributed by atoms with Crippen molar-refractivity contribution in [2.45, 2.75) is 6.92 Å². The number of hydrogen-bond acceptors (Lipinski definition) is 7. The summed E-state index contributed by atoms with van der Waals surface area (Å²) in [4.78, 5) is 21.3. The summed E-state index contributed by atoms with van der Waals surface area (Å²) in [5.74, 6) is 1.17. The van der Waals surface area contributed by atoms with Crippen molar-refractivity contribution in [2.24, 2.45) is 0 Å². The Kier molecular flexibility index (Phi) is 4.95. The molecule has 144 valence electrons. The minimum Gasteiger partial charge on any atom is -0.486 e. The zero-order valence-electron chi connectivity index (χ0n) is 15.6. The van der Waals surface area contributed by atoms with E-state index < -0.39 is 5.91 Å². The summed E-state index contributed by atoms with van der Waals surface area (Å²) in [6.45, 7) is 2.79. The first-order chi connectivity index (χ1) is 14.1. The summed E-state index contributed by atoms with van der Waals surface area (Å²) in [5.41, 5.74) is 2.32. The van der Waals surface area contributed by atoms with Crippen molar-refractivity contribution in [3.8, 4) is 17.6 Å². The summed E-state index contributed by atoms with van der Waals surface area (Å²) >= 11 is 0. The number of fused-ring (bicyclic) bond motifs is 1. The Morgan fingerprint density at radius 3 is 2.69 bits per heavy atom. The molecule has 1 aliphatic heterocycles. The van der Waals surface area contributed by atoms with Crippen molar-refractivity contribution >= 4 is 23.2 Å². The molecule has 8 heteroatoms. The molecular weight excluding hydrogens is 370 g/mol. The van der Waals surface area contributed by atoms with Crippen LogP contribution < -0.4 is 20.1 Å². The van der Waals surface area contributed by atoms with E-state index in [0.717, 1.165) is 0 Å². The lowest BCUT2D eigenvalue weighted by Gasteiger charge is -2.19. The Morgan fingerprint density at radius 1 is 1.07 bits per heavy atom. The molecule has 2 N–H and O–H groups in total. The number of carbonyl (C=O) groups excluding carboxylic acids is 1. The largest absolute Gasteiger partial charge is 0.486 e. The standard InChI is InChI=1S/C21H17N5O3/c1-13-10-17(20(27)25-16-5-3-2-4-14(16)12-22)26-21(23-13)24-15-6-7-18-19(11-15)29-9-8-28-18/h2-7,10-11H,8-9H2,1H3,(H,25,27)(H,23,24,26). The maximum absolute atomic E-state index is 12.7. The molecular formula is C21H17N5O3. The minimum atomic E-state index is -0.427. The summed E-state index contributed by atoms with van der Waals surface area (Å²) in [6, 6.07) is 15.8. The highest BCUT2D eigenvalue weighted by molar-refractivity contribution is 6.03. The van der Waals surface area contributed by atoms with Crippen LogP contribution in [0.4, 0.5) is 17.3 Å². The van der Waals surface area contributed by atoms with Gasteiger partial charge in [0.15, 0.2) is 11.5 Å². The van der Waals surface area contributed by atoms with E-state index in [9.17, 15) is 10.1 Å². The number of carbonyl (C=O) groups is 1. The fraction of sp³-hybridized carbons (Fsp3) is 0.143. The monoisotopic (exact) mass is 387 g/mol. The van der Waals surface area contributed by atoms with Gasteiger partial charge in [-0.3, -0.25) is 4.79 Å². The van der Waals surface area contributed by atoms with Crippen LogP contribution in [0, 0.1) is 18.3 Å². The fourth-order valence-electron chi connectivity index (χ4n) is 2.87. The molecule has 0 bridgehead atoms. The van der Waals surface area contributed by atoms with Gasteiger partial charge in [0.2, 0.25) is 5.95 Å². The van der Waals surface area contributed by atoms with Crippen LogP contribution in [0.3, 0.4) is 0 Å². The molecule has 0 spiro atoms. The quantitative estimate of drug-likeness (QED) is 0.706. The van der Waals surface area contributed by atoms with Crippen LogP contribution in [0.25, 0.3) is 0 Å². The Bertz CT molecular complexity index is 1120. The number of aryl methyl sites for hydroxylation is 1. The summed E-state index contributed by atoms with van der Waals surface area (Å²) < 4.78 is 11.1. The van der Waals surface area contributed by atoms with Gasteiger partial charge in [0.05, 0.1) is 11.3 Å². The molecule has 3 aromatic rings. The Hall–Kier alpha value is -4.12. The minimum absolute atomic E-state index is 0.185. The molecule has 8 nitrogen and oxygen atoms in total. The van der Waals surface area contributed by atoms with E-state index in [4.69, 9.17) is 9.47 Å². The Morgan fingerprint density at radius 2 is 1.86 bits per heavy atom. The van der Waals surface area contributed by atoms with E-state index in [1.54, 1.807) is 49.4 Å². The average molecular weight is 387 g/mol. The number of hydrogen-bond donors (Lipinski definition) is 2. The number of nitrogens with one attached hydrogen (secondary N) is 2. The van der Waals surface area contributed by atoms with Crippen LogP contribution in [-0.4, -0.2) is 29.1 Å². The lowest BCUT2D eigenvalue weighted by molar-refractivity contribution is 0.102. The summed E-state index contributed by atoms with van der Waals surface area (Å²) in [5, 5.41) is 15.0. The molecule has 2 aromatic carbocycles. The van der Waals surface area contributed by atoms with Crippen molar-refractivity contribution < 1.29 is 14.3 Å². The van der Waals surface area contributed by atoms with Crippen LogP contribution in [0.1, 0.15) is 21.7 Å². The Labute approximate surface area is 167 Å². The molecule has 0 radical (unpaired) electrons. The average Bonchev–Trinajstić information content (AvgIpc) is 2.73. The predicted molar refractivity (Wildman–Crippen MR) is 107 cm³/mol. The number of aromatic nitrogens is 2. The highest BCUT2D eigenvalue weighted by Gasteiger charge is 2.15. The fourth-order valence-corrected chi connectivity index (χ4v) is 2.87. The van der Waals surface area contributed by atoms with Gasteiger partial charge in [0.25, 0.3) is 5.91 Å². The van der Waals surface area contributed by atoms with Crippen molar-refractivity contribution in [3.05, 3.63) is 65.5 Å². The number of anilines is 3. The lowest BCUT2D eigenvalue weighted by Crippen LogP contribution is -2.16. The van der Waals surface area contributed by atoms with Crippen LogP contribution in [0.15, 0.2) is 48.5 Å². The van der Waals surface area contributed by atoms with Crippen molar-refractivity contribution in [3.63, 3.8) is 0 Å². The van der Waals surface area contributed by atoms with Crippen LogP contribution in [-0.2, 0) is 0 Å². The topological polar surface area (TPSA) is 109 Å². The number of para-hydroxylation sites is 1. The molecule has 4 rings (SSSR count). The summed E-state index contributed by atoms with van der Waals surface area (Å²) in [7, 11) is 0. The first-order valence-corrected chi connectivity index (χ1v) is 8.95. The van der Waals surface area contributed by atoms with Crippen LogP contribution in [0.2, 0.25) is 0 Å². The van der Waals surface area contributed by atoms with Gasteiger partial charge in [-0.15, -0.1) is 0 Å². The molecule has 1 aliphatic rings. The third-order valence-electron chi connectivity index (χ3n) is 4.18. The lowest BCUT2D eigenvalue weighted by atomic mass is 10.2. The Balaban J connectivity index is 1.56. The zero-order chi connectivity index (χ0) is 20.2. The smallest absolute Gasteiger partial charge is 0.274 e. The van der Waals surface area contributed by atoms with Crippen molar-refractivity contribution in [1.82, 2.24) is 9.97 Å². The van der Waals surface area contributed by atoms with Gasteiger partial charge in [0, 0.05) is 17.4 Å². The molecule has 1 amide bonds. The number of rotatable bonds is 4. The van der Waals surface area contributed by atoms with Gasteiger partial charge in [-0.05, 0) is 37.3 Å². The second-order valence-electron chi connectivity index (χ2n) is 6.31. The first kappa shape index (κ1) is 18.3. The maximum Gasteiger partial charge on any atom is 0.274 e. The second kappa shape index (κ2) is 7.86. The molecule has 0 fully saturated rings. The van der Waals surface area contributed by atoms with E-state index in [1.165, 1.54) is 0 Å².